The van der Waals surface area contributed by atoms with E-state index in [9.17, 15) is 24.4 Å². The molecule has 0 aliphatic carbocycles. The number of rotatable bonds is 9. The van der Waals surface area contributed by atoms with Crippen LogP contribution >= 0.6 is 0 Å². The molecule has 26 heavy (non-hydrogen) atoms. The van der Waals surface area contributed by atoms with Gasteiger partial charge in [0.1, 0.15) is 12.1 Å². The lowest BCUT2D eigenvalue weighted by Gasteiger charge is -2.31. The Kier molecular flexibility index (Phi) is 9.04. The lowest BCUT2D eigenvalue weighted by atomic mass is 9.78. The molecule has 0 aromatic rings. The molecule has 1 heterocycles. The van der Waals surface area contributed by atoms with E-state index in [-0.39, 0.29) is 18.4 Å². The summed E-state index contributed by atoms with van der Waals surface area (Å²) in [4.78, 5) is 40.1. The minimum absolute atomic E-state index is 0.135. The van der Waals surface area contributed by atoms with Crippen LogP contribution in [-0.4, -0.2) is 89.4 Å². The summed E-state index contributed by atoms with van der Waals surface area (Å²) >= 11 is 0. The van der Waals surface area contributed by atoms with E-state index in [1.165, 1.54) is 9.80 Å². The van der Waals surface area contributed by atoms with Gasteiger partial charge in [-0.15, -0.1) is 0 Å². The Morgan fingerprint density at radius 2 is 1.96 bits per heavy atom. The zero-order valence-corrected chi connectivity index (χ0v) is 16.1. The summed E-state index contributed by atoms with van der Waals surface area (Å²) in [5.74, 6) is -1.60. The first-order chi connectivity index (χ1) is 12.2. The summed E-state index contributed by atoms with van der Waals surface area (Å²) in [7, 11) is 0.0673. The quantitative estimate of drug-likeness (QED) is 0.361. The van der Waals surface area contributed by atoms with Crippen molar-refractivity contribution in [3.05, 3.63) is 0 Å². The fraction of sp³-hybridized carbons (Fsp3) is 0.812. The fourth-order valence-corrected chi connectivity index (χ4v) is 3.19. The maximum Gasteiger partial charge on any atom is 0.475 e. The minimum Gasteiger partial charge on any atom is -0.426 e. The molecule has 10 heteroatoms. The molecule has 0 saturated carbocycles. The first-order valence-electron chi connectivity index (χ1n) is 9.15. The predicted molar refractivity (Wildman–Crippen MR) is 97.9 cm³/mol. The minimum atomic E-state index is -1.59. The summed E-state index contributed by atoms with van der Waals surface area (Å²) in [6, 6.07) is -1.52. The molecule has 1 aliphatic rings. The van der Waals surface area contributed by atoms with Crippen molar-refractivity contribution >= 4 is 24.8 Å². The molecule has 0 unspecified atom stereocenters. The van der Waals surface area contributed by atoms with Gasteiger partial charge in [0.05, 0.1) is 12.5 Å². The van der Waals surface area contributed by atoms with Crippen LogP contribution < -0.4 is 10.6 Å². The maximum atomic E-state index is 12.5. The van der Waals surface area contributed by atoms with Gasteiger partial charge < -0.3 is 30.5 Å². The second kappa shape index (κ2) is 10.5. The third-order valence-corrected chi connectivity index (χ3v) is 4.62. The van der Waals surface area contributed by atoms with Crippen LogP contribution in [0.3, 0.4) is 0 Å². The number of amides is 3. The molecule has 9 nitrogen and oxygen atoms in total. The summed E-state index contributed by atoms with van der Waals surface area (Å²) in [5.41, 5.74) is 0. The van der Waals surface area contributed by atoms with E-state index in [2.05, 4.69) is 10.6 Å². The van der Waals surface area contributed by atoms with E-state index >= 15 is 0 Å². The maximum absolute atomic E-state index is 12.5. The number of likely N-dealkylation sites (N-methyl/N-ethyl adjacent to an activating group) is 1. The molecule has 3 atom stereocenters. The second-order valence-corrected chi connectivity index (χ2v) is 6.68. The summed E-state index contributed by atoms with van der Waals surface area (Å²) < 4.78 is 0. The number of carbonyl (C=O) groups excluding carboxylic acids is 3. The molecule has 148 valence electrons. The van der Waals surface area contributed by atoms with Crippen LogP contribution in [0.1, 0.15) is 40.0 Å². The van der Waals surface area contributed by atoms with Crippen molar-refractivity contribution in [3.63, 3.8) is 0 Å². The molecule has 1 saturated heterocycles. The Hall–Kier alpha value is -1.65. The van der Waals surface area contributed by atoms with Gasteiger partial charge in [-0.2, -0.15) is 0 Å². The van der Waals surface area contributed by atoms with Crippen molar-refractivity contribution in [3.8, 4) is 0 Å². The molecular weight excluding hydrogens is 339 g/mol. The number of likely N-dealkylation sites (tertiary alicyclic amines) is 1. The van der Waals surface area contributed by atoms with Crippen LogP contribution in [0.25, 0.3) is 0 Å². The zero-order chi connectivity index (χ0) is 19.9. The molecular formula is C16H31BN4O5. The van der Waals surface area contributed by atoms with Gasteiger partial charge in [-0.1, -0.05) is 6.92 Å². The van der Waals surface area contributed by atoms with E-state index < -0.39 is 31.1 Å². The topological polar surface area (TPSA) is 122 Å². The lowest BCUT2D eigenvalue weighted by molar-refractivity contribution is -0.141. The molecule has 1 rings (SSSR count). The Bertz CT molecular complexity index is 505. The molecule has 0 aromatic carbocycles. The Balaban J connectivity index is 2.71. The Morgan fingerprint density at radius 1 is 1.31 bits per heavy atom. The number of carbonyl (C=O) groups is 3. The highest BCUT2D eigenvalue weighted by Gasteiger charge is 2.39. The molecule has 4 N–H and O–H groups in total. The van der Waals surface area contributed by atoms with Crippen molar-refractivity contribution in [2.75, 3.05) is 26.7 Å². The standard InChI is InChI=1S/C16H31BN4O5/c1-5-8-20(14(22)10-18-4)12(3)15(23)19-11(2)16(24)21-9-6-7-13(21)17(25)26/h11-13,18,25-26H,5-10H2,1-4H3,(H,19,23)/t11-,12-,13-/m0/s1. The molecule has 0 aromatic heterocycles. The molecule has 0 radical (unpaired) electrons. The highest BCUT2D eigenvalue weighted by Crippen LogP contribution is 2.19. The molecule has 1 aliphatic heterocycles. The molecule has 3 amide bonds. The van der Waals surface area contributed by atoms with Crippen LogP contribution in [0.4, 0.5) is 0 Å². The number of hydrogen-bond acceptors (Lipinski definition) is 6. The number of nitrogens with one attached hydrogen (secondary N) is 2. The number of nitrogens with zero attached hydrogens (tertiary/aromatic N) is 2. The summed E-state index contributed by atoms with van der Waals surface area (Å²) in [6.45, 7) is 6.12. The van der Waals surface area contributed by atoms with Gasteiger partial charge >= 0.3 is 7.12 Å². The van der Waals surface area contributed by atoms with Crippen molar-refractivity contribution < 1.29 is 24.4 Å². The van der Waals surface area contributed by atoms with Crippen molar-refractivity contribution in [1.82, 2.24) is 20.4 Å². The third-order valence-electron chi connectivity index (χ3n) is 4.62. The van der Waals surface area contributed by atoms with Gasteiger partial charge in [0, 0.05) is 13.1 Å². The van der Waals surface area contributed by atoms with Crippen LogP contribution in [0.5, 0.6) is 0 Å². The molecule has 0 spiro atoms. The first-order valence-corrected chi connectivity index (χ1v) is 9.15. The van der Waals surface area contributed by atoms with Crippen LogP contribution in [0, 0.1) is 0 Å². The van der Waals surface area contributed by atoms with E-state index in [1.54, 1.807) is 20.9 Å². The van der Waals surface area contributed by atoms with Crippen LogP contribution in [0.15, 0.2) is 0 Å². The summed E-state index contributed by atoms with van der Waals surface area (Å²) in [5, 5.41) is 24.2. The normalized spacial score (nSPS) is 19.0. The predicted octanol–water partition coefficient (Wildman–Crippen LogP) is -1.66. The zero-order valence-electron chi connectivity index (χ0n) is 16.1. The fourth-order valence-electron chi connectivity index (χ4n) is 3.19. The van der Waals surface area contributed by atoms with Gasteiger partial charge in [-0.25, -0.2) is 0 Å². The number of hydrogen-bond donors (Lipinski definition) is 4. The summed E-state index contributed by atoms with van der Waals surface area (Å²) in [6.07, 6.45) is 1.92. The average Bonchev–Trinajstić information content (AvgIpc) is 3.08. The van der Waals surface area contributed by atoms with Crippen molar-refractivity contribution in [1.29, 1.82) is 0 Å². The highest BCUT2D eigenvalue weighted by molar-refractivity contribution is 6.43. The Labute approximate surface area is 155 Å². The average molecular weight is 370 g/mol. The van der Waals surface area contributed by atoms with Gasteiger partial charge in [-0.3, -0.25) is 14.4 Å². The largest absolute Gasteiger partial charge is 0.475 e. The van der Waals surface area contributed by atoms with Gasteiger partial charge in [0.25, 0.3) is 0 Å². The van der Waals surface area contributed by atoms with Gasteiger partial charge in [0.15, 0.2) is 0 Å². The lowest BCUT2D eigenvalue weighted by Crippen LogP contribution is -2.56. The van der Waals surface area contributed by atoms with E-state index in [1.807, 2.05) is 6.92 Å². The first kappa shape index (κ1) is 22.4. The van der Waals surface area contributed by atoms with E-state index in [4.69, 9.17) is 0 Å². The second-order valence-electron chi connectivity index (χ2n) is 6.68. The molecule has 0 bridgehead atoms. The van der Waals surface area contributed by atoms with Gasteiger partial charge in [-0.05, 0) is 40.2 Å². The third kappa shape index (κ3) is 5.68. The van der Waals surface area contributed by atoms with Gasteiger partial charge in [0.2, 0.25) is 17.7 Å². The van der Waals surface area contributed by atoms with Crippen molar-refractivity contribution in [2.45, 2.75) is 58.1 Å². The molecule has 1 fully saturated rings. The van der Waals surface area contributed by atoms with E-state index in [0.717, 1.165) is 0 Å². The Morgan fingerprint density at radius 3 is 2.50 bits per heavy atom. The highest BCUT2D eigenvalue weighted by atomic mass is 16.4. The SMILES string of the molecule is CCCN(C(=O)CNC)[C@@H](C)C(=O)N[C@@H](C)C(=O)N1CCC[C@H]1B(O)O. The van der Waals surface area contributed by atoms with Crippen LogP contribution in [0.2, 0.25) is 0 Å². The van der Waals surface area contributed by atoms with Crippen molar-refractivity contribution in [2.24, 2.45) is 0 Å². The monoisotopic (exact) mass is 370 g/mol. The van der Waals surface area contributed by atoms with Crippen LogP contribution in [-0.2, 0) is 14.4 Å². The smallest absolute Gasteiger partial charge is 0.426 e. The van der Waals surface area contributed by atoms with E-state index in [0.29, 0.717) is 32.4 Å².